The van der Waals surface area contributed by atoms with Gasteiger partial charge in [0.2, 0.25) is 0 Å². The van der Waals surface area contributed by atoms with E-state index < -0.39 is 19.5 Å². The van der Waals surface area contributed by atoms with Crippen molar-refractivity contribution in [1.82, 2.24) is 4.90 Å². The Morgan fingerprint density at radius 3 is 2.34 bits per heavy atom. The van der Waals surface area contributed by atoms with Crippen LogP contribution in [0.15, 0.2) is 30.3 Å². The lowest BCUT2D eigenvalue weighted by Gasteiger charge is -2.44. The summed E-state index contributed by atoms with van der Waals surface area (Å²) in [4.78, 5) is 14.7. The summed E-state index contributed by atoms with van der Waals surface area (Å²) in [5.41, 5.74) is -0.0786. The summed E-state index contributed by atoms with van der Waals surface area (Å²) in [6.07, 6.45) is -0.600. The summed E-state index contributed by atoms with van der Waals surface area (Å²) in [6.45, 7) is 20.9. The van der Waals surface area contributed by atoms with Crippen LogP contribution >= 0.6 is 0 Å². The van der Waals surface area contributed by atoms with Crippen molar-refractivity contribution in [3.63, 3.8) is 0 Å². The number of hydrogen-bond donors (Lipinski definition) is 0. The van der Waals surface area contributed by atoms with Crippen LogP contribution in [-0.2, 0) is 25.2 Å². The van der Waals surface area contributed by atoms with Crippen LogP contribution in [0.1, 0.15) is 54.0 Å². The van der Waals surface area contributed by atoms with Gasteiger partial charge < -0.3 is 23.5 Å². The quantitative estimate of drug-likeness (QED) is 0.510. The molecule has 1 fully saturated rings. The molecule has 0 spiro atoms. The lowest BCUT2D eigenvalue weighted by atomic mass is 10.1. The summed E-state index contributed by atoms with van der Waals surface area (Å²) in [5, 5.41) is 0.0528. The number of ether oxygens (including phenoxy) is 3. The van der Waals surface area contributed by atoms with Crippen molar-refractivity contribution in [1.29, 1.82) is 0 Å². The van der Waals surface area contributed by atoms with Crippen LogP contribution in [0.2, 0.25) is 18.1 Å². The van der Waals surface area contributed by atoms with Gasteiger partial charge in [0.25, 0.3) is 0 Å². The molecule has 1 aromatic carbocycles. The molecule has 0 saturated carbocycles. The van der Waals surface area contributed by atoms with Crippen LogP contribution in [0.4, 0.5) is 4.79 Å². The molecule has 0 N–H and O–H groups in total. The van der Waals surface area contributed by atoms with Crippen LogP contribution in [-0.4, -0.2) is 62.9 Å². The Labute approximate surface area is 195 Å². The molecular weight excluding hydrogens is 422 g/mol. The Bertz CT molecular complexity index is 741. The summed E-state index contributed by atoms with van der Waals surface area (Å²) in [7, 11) is -2.08. The first-order chi connectivity index (χ1) is 14.6. The van der Waals surface area contributed by atoms with E-state index in [0.29, 0.717) is 32.9 Å². The molecule has 0 unspecified atom stereocenters. The first-order valence-corrected chi connectivity index (χ1v) is 14.4. The molecule has 1 aromatic rings. The highest BCUT2D eigenvalue weighted by Gasteiger charge is 2.46. The van der Waals surface area contributed by atoms with Crippen molar-refractivity contribution in [2.45, 2.75) is 90.5 Å². The molecule has 1 heterocycles. The third-order valence-electron chi connectivity index (χ3n) is 5.95. The lowest BCUT2D eigenvalue weighted by Crippen LogP contribution is -2.55. The fourth-order valence-corrected chi connectivity index (χ4v) is 5.05. The molecule has 0 aliphatic carbocycles. The zero-order valence-electron chi connectivity index (χ0n) is 21.5. The molecule has 7 heteroatoms. The molecule has 182 valence electrons. The minimum absolute atomic E-state index is 0.0528. The third kappa shape index (κ3) is 8.18. The van der Waals surface area contributed by atoms with Crippen molar-refractivity contribution in [3.8, 4) is 0 Å². The normalized spacial score (nSPS) is 23.0. The maximum atomic E-state index is 13.0. The molecule has 1 aliphatic heterocycles. The first kappa shape index (κ1) is 26.8. The van der Waals surface area contributed by atoms with Gasteiger partial charge in [0.1, 0.15) is 5.60 Å². The maximum absolute atomic E-state index is 13.0. The minimum Gasteiger partial charge on any atom is -0.444 e. The van der Waals surface area contributed by atoms with Gasteiger partial charge in [-0.25, -0.2) is 4.79 Å². The van der Waals surface area contributed by atoms with Crippen LogP contribution < -0.4 is 0 Å². The number of benzene rings is 1. The molecule has 32 heavy (non-hydrogen) atoms. The van der Waals surface area contributed by atoms with E-state index in [-0.39, 0.29) is 17.2 Å². The molecule has 1 amide bonds. The van der Waals surface area contributed by atoms with E-state index >= 15 is 0 Å². The van der Waals surface area contributed by atoms with Gasteiger partial charge in [-0.3, -0.25) is 0 Å². The zero-order valence-corrected chi connectivity index (χ0v) is 22.5. The monoisotopic (exact) mass is 465 g/mol. The summed E-state index contributed by atoms with van der Waals surface area (Å²) >= 11 is 0. The van der Waals surface area contributed by atoms with Gasteiger partial charge in [0, 0.05) is 0 Å². The predicted molar refractivity (Wildman–Crippen MR) is 130 cm³/mol. The minimum atomic E-state index is -2.08. The topological polar surface area (TPSA) is 57.2 Å². The molecule has 0 aromatic heterocycles. The van der Waals surface area contributed by atoms with Gasteiger partial charge in [0.15, 0.2) is 8.32 Å². The lowest BCUT2D eigenvalue weighted by molar-refractivity contribution is -0.0606. The van der Waals surface area contributed by atoms with Crippen molar-refractivity contribution in [3.05, 3.63) is 35.9 Å². The van der Waals surface area contributed by atoms with Crippen molar-refractivity contribution in [2.75, 3.05) is 26.3 Å². The Morgan fingerprint density at radius 2 is 1.78 bits per heavy atom. The Kier molecular flexibility index (Phi) is 8.59. The Hall–Kier alpha value is -1.41. The van der Waals surface area contributed by atoms with Crippen molar-refractivity contribution < 1.29 is 23.4 Å². The highest BCUT2D eigenvalue weighted by Crippen LogP contribution is 2.40. The second-order valence-corrected chi connectivity index (χ2v) is 16.3. The predicted octanol–water partition coefficient (Wildman–Crippen LogP) is 5.62. The van der Waals surface area contributed by atoms with Gasteiger partial charge in [0.05, 0.1) is 44.6 Å². The Morgan fingerprint density at radius 1 is 1.16 bits per heavy atom. The van der Waals surface area contributed by atoms with E-state index in [1.54, 1.807) is 4.90 Å². The molecule has 6 nitrogen and oxygen atoms in total. The second-order valence-electron chi connectivity index (χ2n) is 11.6. The van der Waals surface area contributed by atoms with Crippen LogP contribution in [0, 0.1) is 0 Å². The van der Waals surface area contributed by atoms with Crippen LogP contribution in [0.5, 0.6) is 0 Å². The second kappa shape index (κ2) is 10.2. The maximum Gasteiger partial charge on any atom is 0.410 e. The van der Waals surface area contributed by atoms with E-state index in [4.69, 9.17) is 18.6 Å². The largest absolute Gasteiger partial charge is 0.444 e. The summed E-state index contributed by atoms with van der Waals surface area (Å²) in [6, 6.07) is 10.0. The van der Waals surface area contributed by atoms with Gasteiger partial charge in [-0.2, -0.15) is 0 Å². The molecule has 1 aliphatic rings. The average molecular weight is 466 g/mol. The molecule has 2 atom stereocenters. The van der Waals surface area contributed by atoms with Crippen LogP contribution in [0.3, 0.4) is 0 Å². The number of amides is 1. The highest BCUT2D eigenvalue weighted by molar-refractivity contribution is 6.74. The van der Waals surface area contributed by atoms with E-state index in [0.717, 1.165) is 5.56 Å². The number of carbonyl (C=O) groups excluding carboxylic acids is 1. The van der Waals surface area contributed by atoms with Crippen LogP contribution in [0.25, 0.3) is 0 Å². The van der Waals surface area contributed by atoms with Crippen molar-refractivity contribution >= 4 is 14.4 Å². The van der Waals surface area contributed by atoms with Crippen molar-refractivity contribution in [2.24, 2.45) is 0 Å². The van der Waals surface area contributed by atoms with E-state index in [1.165, 1.54) is 0 Å². The zero-order chi connectivity index (χ0) is 24.2. The third-order valence-corrected chi connectivity index (χ3v) is 10.6. The van der Waals surface area contributed by atoms with Gasteiger partial charge in [-0.05, 0) is 51.4 Å². The molecule has 1 saturated heterocycles. The standard InChI is InChI=1S/C25H43NO5Si/c1-23(2,3)30-22(27)26-15-21(17-28-16-20-13-11-10-12-14-20)29-19-25(7,18-26)31-32(8,9)24(4,5)6/h10-14,21H,15-19H2,1-9H3/t21-,25-/m0/s1. The summed E-state index contributed by atoms with van der Waals surface area (Å²) < 4.78 is 24.6. The fraction of sp³-hybridized carbons (Fsp3) is 0.720. The molecule has 2 rings (SSSR count). The SMILES string of the molecule is CC(C)(C)OC(=O)N1C[C@@H](COCc2ccccc2)OC[C@@](C)(O[Si](C)(C)C(C)(C)C)C1. The van der Waals surface area contributed by atoms with E-state index in [2.05, 4.69) is 33.9 Å². The molecular formula is C25H43NO5Si. The average Bonchev–Trinajstić information content (AvgIpc) is 2.79. The number of nitrogens with zero attached hydrogens (tertiary/aromatic N) is 1. The molecule has 0 bridgehead atoms. The smallest absolute Gasteiger partial charge is 0.410 e. The fourth-order valence-electron chi connectivity index (χ4n) is 3.39. The highest BCUT2D eigenvalue weighted by atomic mass is 28.4. The first-order valence-electron chi connectivity index (χ1n) is 11.5. The molecule has 0 radical (unpaired) electrons. The number of carbonyl (C=O) groups is 1. The number of rotatable bonds is 6. The van der Waals surface area contributed by atoms with Gasteiger partial charge >= 0.3 is 6.09 Å². The van der Waals surface area contributed by atoms with E-state index in [9.17, 15) is 4.79 Å². The number of hydrogen-bond acceptors (Lipinski definition) is 5. The Balaban J connectivity index is 2.14. The summed E-state index contributed by atoms with van der Waals surface area (Å²) in [5.74, 6) is 0. The van der Waals surface area contributed by atoms with E-state index in [1.807, 2.05) is 58.0 Å². The van der Waals surface area contributed by atoms with Gasteiger partial charge in [-0.15, -0.1) is 0 Å². The van der Waals surface area contributed by atoms with Gasteiger partial charge in [-0.1, -0.05) is 51.1 Å².